The van der Waals surface area contributed by atoms with E-state index in [9.17, 15) is 19.5 Å². The van der Waals surface area contributed by atoms with Crippen molar-refractivity contribution in [2.75, 3.05) is 47.5 Å². The Morgan fingerprint density at radius 1 is 0.569 bits per heavy atom. The monoisotopic (exact) mass is 727 g/mol. The highest BCUT2D eigenvalue weighted by Gasteiger charge is 2.25. The van der Waals surface area contributed by atoms with E-state index < -0.39 is 24.3 Å². The molecule has 0 rings (SSSR count). The number of likely N-dealkylation sites (N-methyl/N-ethyl adjacent to an activating group) is 1. The van der Waals surface area contributed by atoms with Crippen molar-refractivity contribution in [3.8, 4) is 0 Å². The minimum atomic E-state index is -1.50. The summed E-state index contributed by atoms with van der Waals surface area (Å²) in [5, 5.41) is 9.60. The molecule has 51 heavy (non-hydrogen) atoms. The molecule has 0 aliphatic rings. The van der Waals surface area contributed by atoms with Gasteiger partial charge in [0.05, 0.1) is 34.4 Å². The second-order valence-corrected chi connectivity index (χ2v) is 15.3. The molecule has 0 bridgehead atoms. The van der Waals surface area contributed by atoms with E-state index in [0.29, 0.717) is 23.9 Å². The van der Waals surface area contributed by atoms with Gasteiger partial charge in [-0.2, -0.15) is 0 Å². The van der Waals surface area contributed by atoms with Crippen molar-refractivity contribution < 1.29 is 42.9 Å². The lowest BCUT2D eigenvalue weighted by Crippen LogP contribution is -2.40. The summed E-state index contributed by atoms with van der Waals surface area (Å²) in [5.41, 5.74) is 0. The van der Waals surface area contributed by atoms with E-state index in [0.717, 1.165) is 51.4 Å². The molecule has 0 aromatic heterocycles. The van der Waals surface area contributed by atoms with Crippen LogP contribution in [0.2, 0.25) is 0 Å². The lowest BCUT2D eigenvalue weighted by atomic mass is 10.0. The normalized spacial score (nSPS) is 13.0. The van der Waals surface area contributed by atoms with E-state index >= 15 is 0 Å². The summed E-state index contributed by atoms with van der Waals surface area (Å²) < 4.78 is 22.7. The molecule has 2 unspecified atom stereocenters. The number of esters is 2. The van der Waals surface area contributed by atoms with Crippen molar-refractivity contribution in [2.24, 2.45) is 0 Å². The smallest absolute Gasteiger partial charge is 0.361 e. The average molecular weight is 727 g/mol. The molecule has 0 aliphatic carbocycles. The van der Waals surface area contributed by atoms with Crippen LogP contribution >= 0.6 is 0 Å². The van der Waals surface area contributed by atoms with Gasteiger partial charge in [0.25, 0.3) is 6.29 Å². The van der Waals surface area contributed by atoms with Crippen molar-refractivity contribution in [3.05, 3.63) is 12.2 Å². The number of hydrogen-bond acceptors (Lipinski definition) is 7. The second-order valence-electron chi connectivity index (χ2n) is 15.3. The maximum atomic E-state index is 12.7. The molecule has 0 amide bonds. The molecule has 0 aromatic carbocycles. The van der Waals surface area contributed by atoms with Crippen LogP contribution in [0.3, 0.4) is 0 Å². The Morgan fingerprint density at radius 2 is 1.00 bits per heavy atom. The summed E-state index contributed by atoms with van der Waals surface area (Å²) in [6.45, 7) is 4.84. The van der Waals surface area contributed by atoms with E-state index in [4.69, 9.17) is 18.9 Å². The number of hydrogen-bond donors (Lipinski definition) is 1. The maximum Gasteiger partial charge on any atom is 0.361 e. The van der Waals surface area contributed by atoms with Crippen LogP contribution in [0.25, 0.3) is 0 Å². The van der Waals surface area contributed by atoms with Crippen molar-refractivity contribution in [1.29, 1.82) is 0 Å². The molecule has 0 aromatic rings. The number of unbranched alkanes of at least 4 members (excludes halogenated alkanes) is 21. The molecule has 0 saturated heterocycles. The molecule has 2 atom stereocenters. The molecular formula is C42H80NO8+. The van der Waals surface area contributed by atoms with E-state index in [1.54, 1.807) is 0 Å². The van der Waals surface area contributed by atoms with Crippen molar-refractivity contribution >= 4 is 17.9 Å². The maximum absolute atomic E-state index is 12.7. The zero-order chi connectivity index (χ0) is 37.8. The molecule has 0 heterocycles. The summed E-state index contributed by atoms with van der Waals surface area (Å²) >= 11 is 0. The van der Waals surface area contributed by atoms with E-state index in [2.05, 4.69) is 26.0 Å². The average Bonchev–Trinajstić information content (AvgIpc) is 3.08. The third kappa shape index (κ3) is 36.2. The minimum absolute atomic E-state index is 0.180. The van der Waals surface area contributed by atoms with Crippen LogP contribution in [0.15, 0.2) is 12.2 Å². The third-order valence-corrected chi connectivity index (χ3v) is 9.02. The molecule has 9 nitrogen and oxygen atoms in total. The molecule has 0 fully saturated rings. The Bertz CT molecular complexity index is 856. The summed E-state index contributed by atoms with van der Waals surface area (Å²) in [6, 6.07) is 0. The molecule has 0 radical (unpaired) electrons. The van der Waals surface area contributed by atoms with Gasteiger partial charge in [0.15, 0.2) is 6.10 Å². The summed E-state index contributed by atoms with van der Waals surface area (Å²) in [5.74, 6) is -2.01. The molecule has 0 aliphatic heterocycles. The molecule has 0 spiro atoms. The highest BCUT2D eigenvalue weighted by Crippen LogP contribution is 2.14. The first-order chi connectivity index (χ1) is 24.6. The predicted octanol–water partition coefficient (Wildman–Crippen LogP) is 10.3. The van der Waals surface area contributed by atoms with Crippen LogP contribution < -0.4 is 0 Å². The topological polar surface area (TPSA) is 108 Å². The van der Waals surface area contributed by atoms with Gasteiger partial charge in [0.1, 0.15) is 13.2 Å². The van der Waals surface area contributed by atoms with E-state index in [-0.39, 0.29) is 32.2 Å². The third-order valence-electron chi connectivity index (χ3n) is 9.02. The Hall–Kier alpha value is -1.97. The standard InChI is InChI=1S/C42H79NO8/c1-6-8-10-12-14-16-18-20-22-24-26-28-30-32-39(44)49-36-38(37-50-42(41(46)47)48-35-34-43(3,4)5)51-40(45)33-31-29-27-25-23-21-19-17-15-13-11-9-7-2/h17,19,38,42H,6-16,18,20-37H2,1-5H3/p+1/b19-17-. The molecule has 1 N–H and O–H groups in total. The number of quaternary nitrogens is 1. The van der Waals surface area contributed by atoms with Crippen molar-refractivity contribution in [3.63, 3.8) is 0 Å². The van der Waals surface area contributed by atoms with Crippen LogP contribution in [-0.2, 0) is 33.3 Å². The first kappa shape index (κ1) is 49.0. The van der Waals surface area contributed by atoms with Gasteiger partial charge in [-0.05, 0) is 38.5 Å². The van der Waals surface area contributed by atoms with Crippen LogP contribution in [0, 0.1) is 0 Å². The van der Waals surface area contributed by atoms with E-state index in [1.165, 1.54) is 96.3 Å². The zero-order valence-corrected chi connectivity index (χ0v) is 33.8. The highest BCUT2D eigenvalue weighted by molar-refractivity contribution is 5.71. The van der Waals surface area contributed by atoms with Crippen LogP contribution in [0.5, 0.6) is 0 Å². The van der Waals surface area contributed by atoms with E-state index in [1.807, 2.05) is 21.1 Å². The Balaban J connectivity index is 4.49. The molecular weight excluding hydrogens is 646 g/mol. The lowest BCUT2D eigenvalue weighted by Gasteiger charge is -2.25. The number of rotatable bonds is 38. The van der Waals surface area contributed by atoms with Crippen molar-refractivity contribution in [1.82, 2.24) is 0 Å². The minimum Gasteiger partial charge on any atom is -0.477 e. The summed E-state index contributed by atoms with van der Waals surface area (Å²) in [4.78, 5) is 36.9. The largest absolute Gasteiger partial charge is 0.477 e. The van der Waals surface area contributed by atoms with Gasteiger partial charge in [-0.15, -0.1) is 0 Å². The zero-order valence-electron chi connectivity index (χ0n) is 33.8. The highest BCUT2D eigenvalue weighted by atomic mass is 16.7. The fourth-order valence-electron chi connectivity index (χ4n) is 5.71. The van der Waals surface area contributed by atoms with Gasteiger partial charge in [-0.25, -0.2) is 4.79 Å². The number of ether oxygens (including phenoxy) is 4. The number of carboxylic acids is 1. The number of aliphatic carboxylic acids is 1. The number of allylic oxidation sites excluding steroid dienone is 2. The van der Waals surface area contributed by atoms with Crippen LogP contribution in [-0.4, -0.2) is 87.4 Å². The number of nitrogens with zero attached hydrogens (tertiary/aromatic N) is 1. The van der Waals surface area contributed by atoms with Gasteiger partial charge >= 0.3 is 17.9 Å². The molecule has 9 heteroatoms. The molecule has 0 saturated carbocycles. The van der Waals surface area contributed by atoms with Gasteiger partial charge in [-0.1, -0.05) is 142 Å². The van der Waals surface area contributed by atoms with Crippen LogP contribution in [0.1, 0.15) is 181 Å². The van der Waals surface area contributed by atoms with Crippen molar-refractivity contribution in [2.45, 2.75) is 193 Å². The SMILES string of the molecule is CCCCCC/C=C\CCCCCCCC(=O)OC(COC(=O)CCCCCCCCCCCCCCC)COC(OCC[N+](C)(C)C)C(=O)O. The van der Waals surface area contributed by atoms with Gasteiger partial charge in [0.2, 0.25) is 0 Å². The number of carbonyl (C=O) groups excluding carboxylic acids is 2. The first-order valence-electron chi connectivity index (χ1n) is 20.9. The van der Waals surface area contributed by atoms with Crippen LogP contribution in [0.4, 0.5) is 0 Å². The lowest BCUT2D eigenvalue weighted by molar-refractivity contribution is -0.870. The fourth-order valence-corrected chi connectivity index (χ4v) is 5.71. The quantitative estimate of drug-likeness (QED) is 0.0220. The second kappa shape index (κ2) is 35.1. The predicted molar refractivity (Wildman–Crippen MR) is 208 cm³/mol. The van der Waals surface area contributed by atoms with Gasteiger partial charge < -0.3 is 28.5 Å². The van der Waals surface area contributed by atoms with Gasteiger partial charge in [-0.3, -0.25) is 9.59 Å². The molecule has 300 valence electrons. The Kier molecular flexibility index (Phi) is 33.7. The number of carbonyl (C=O) groups is 3. The number of carboxylic acid groups (broad SMARTS) is 1. The first-order valence-corrected chi connectivity index (χ1v) is 20.9. The Labute approximate surface area is 313 Å². The summed E-state index contributed by atoms with van der Waals surface area (Å²) in [7, 11) is 5.95. The fraction of sp³-hybridized carbons (Fsp3) is 0.881. The Morgan fingerprint density at radius 3 is 1.47 bits per heavy atom. The van der Waals surface area contributed by atoms with Gasteiger partial charge in [0, 0.05) is 12.8 Å². The summed E-state index contributed by atoms with van der Waals surface area (Å²) in [6.07, 6.45) is 31.2.